The number of aromatic nitrogens is 1. The van der Waals surface area contributed by atoms with Gasteiger partial charge in [-0.1, -0.05) is 18.2 Å². The molecule has 0 aliphatic heterocycles. The van der Waals surface area contributed by atoms with Crippen LogP contribution in [0.1, 0.15) is 22.6 Å². The zero-order valence-electron chi connectivity index (χ0n) is 20.5. The van der Waals surface area contributed by atoms with Crippen molar-refractivity contribution >= 4 is 17.3 Å². The summed E-state index contributed by atoms with van der Waals surface area (Å²) in [6, 6.07) is 17.5. The normalized spacial score (nSPS) is 11.3. The van der Waals surface area contributed by atoms with E-state index in [0.29, 0.717) is 44.8 Å². The molecule has 0 aliphatic carbocycles. The molecule has 4 rings (SSSR count). The minimum Gasteiger partial charge on any atom is -0.497 e. The molecule has 0 amide bonds. The zero-order valence-corrected chi connectivity index (χ0v) is 21.4. The monoisotopic (exact) mass is 543 g/mol. The Bertz CT molecular complexity index is 1400. The van der Waals surface area contributed by atoms with E-state index < -0.39 is 17.7 Å². The van der Waals surface area contributed by atoms with Gasteiger partial charge in [-0.3, -0.25) is 4.79 Å². The van der Waals surface area contributed by atoms with Crippen LogP contribution in [0.2, 0.25) is 0 Å². The Morgan fingerprint density at radius 3 is 2.21 bits per heavy atom. The lowest BCUT2D eigenvalue weighted by Crippen LogP contribution is -2.03. The Balaban J connectivity index is 1.63. The summed E-state index contributed by atoms with van der Waals surface area (Å²) in [6.45, 7) is 0.0965. The van der Waals surface area contributed by atoms with E-state index in [2.05, 4.69) is 0 Å². The second-order valence-corrected chi connectivity index (χ2v) is 9.34. The Morgan fingerprint density at radius 2 is 1.61 bits per heavy atom. The third-order valence-electron chi connectivity index (χ3n) is 5.72. The van der Waals surface area contributed by atoms with Crippen LogP contribution in [-0.4, -0.2) is 30.3 Å². The fourth-order valence-corrected chi connectivity index (χ4v) is 4.76. The Hall–Kier alpha value is -4.05. The predicted molar refractivity (Wildman–Crippen MR) is 138 cm³/mol. The van der Waals surface area contributed by atoms with Crippen LogP contribution in [0.3, 0.4) is 0 Å². The molecule has 0 saturated heterocycles. The highest BCUT2D eigenvalue weighted by Gasteiger charge is 2.30. The number of carboxylic acids is 1. The first-order valence-electron chi connectivity index (χ1n) is 11.5. The molecule has 0 bridgehead atoms. The van der Waals surface area contributed by atoms with Crippen LogP contribution < -0.4 is 14.2 Å². The average Bonchev–Trinajstić information content (AvgIpc) is 3.34. The van der Waals surface area contributed by atoms with E-state index in [4.69, 9.17) is 24.3 Å². The predicted octanol–water partition coefficient (Wildman–Crippen LogP) is 7.11. The van der Waals surface area contributed by atoms with Crippen molar-refractivity contribution in [1.29, 1.82) is 0 Å². The van der Waals surface area contributed by atoms with E-state index in [1.807, 2.05) is 12.1 Å². The number of aliphatic carboxylic acids is 1. The Labute approximate surface area is 221 Å². The smallest absolute Gasteiger partial charge is 0.416 e. The molecular weight excluding hydrogens is 519 g/mol. The van der Waals surface area contributed by atoms with Crippen molar-refractivity contribution in [3.05, 3.63) is 82.9 Å². The van der Waals surface area contributed by atoms with Crippen LogP contribution >= 0.6 is 11.3 Å². The van der Waals surface area contributed by atoms with Crippen molar-refractivity contribution in [3.8, 4) is 38.9 Å². The molecule has 1 N–H and O–H groups in total. The summed E-state index contributed by atoms with van der Waals surface area (Å²) < 4.78 is 55.9. The number of carbonyl (C=O) groups is 1. The minimum atomic E-state index is -4.42. The third-order valence-corrected chi connectivity index (χ3v) is 6.79. The Morgan fingerprint density at radius 1 is 0.921 bits per heavy atom. The highest BCUT2D eigenvalue weighted by atomic mass is 32.1. The average molecular weight is 544 g/mol. The Kier molecular flexibility index (Phi) is 8.21. The van der Waals surface area contributed by atoms with Gasteiger partial charge >= 0.3 is 12.1 Å². The van der Waals surface area contributed by atoms with E-state index in [1.165, 1.54) is 30.6 Å². The fourth-order valence-electron chi connectivity index (χ4n) is 3.75. The third kappa shape index (κ3) is 6.44. The maximum absolute atomic E-state index is 13.1. The number of methoxy groups -OCH3 is 2. The summed E-state index contributed by atoms with van der Waals surface area (Å²) in [5, 5.41) is 9.53. The van der Waals surface area contributed by atoms with Crippen LogP contribution in [0.4, 0.5) is 13.2 Å². The van der Waals surface area contributed by atoms with Gasteiger partial charge in [-0.2, -0.15) is 13.2 Å². The number of alkyl halides is 3. The maximum atomic E-state index is 13.1. The van der Waals surface area contributed by atoms with Crippen molar-refractivity contribution < 1.29 is 37.3 Å². The zero-order chi connectivity index (χ0) is 27.3. The van der Waals surface area contributed by atoms with E-state index in [0.717, 1.165) is 23.3 Å². The van der Waals surface area contributed by atoms with Crippen LogP contribution in [0.5, 0.6) is 17.2 Å². The van der Waals surface area contributed by atoms with Gasteiger partial charge in [0.15, 0.2) is 11.5 Å². The van der Waals surface area contributed by atoms with E-state index in [1.54, 1.807) is 37.4 Å². The number of hydrogen-bond donors (Lipinski definition) is 1. The van der Waals surface area contributed by atoms with Gasteiger partial charge in [0.2, 0.25) is 0 Å². The number of ether oxygens (including phenoxy) is 3. The molecule has 38 heavy (non-hydrogen) atoms. The molecule has 6 nitrogen and oxygen atoms in total. The van der Waals surface area contributed by atoms with Gasteiger partial charge in [0.05, 0.1) is 30.4 Å². The summed E-state index contributed by atoms with van der Waals surface area (Å²) in [6.07, 6.45) is -4.06. The maximum Gasteiger partial charge on any atom is 0.416 e. The topological polar surface area (TPSA) is 77.9 Å². The number of carboxylic acid groups (broad SMARTS) is 1. The molecule has 10 heteroatoms. The first-order valence-corrected chi connectivity index (χ1v) is 12.3. The lowest BCUT2D eigenvalue weighted by atomic mass is 10.1. The van der Waals surface area contributed by atoms with Crippen molar-refractivity contribution in [2.75, 3.05) is 14.2 Å². The number of benzene rings is 3. The van der Waals surface area contributed by atoms with Crippen molar-refractivity contribution in [3.63, 3.8) is 0 Å². The molecular formula is C28H24F3NO5S. The molecule has 0 aliphatic rings. The minimum absolute atomic E-state index is 0.00331. The van der Waals surface area contributed by atoms with Gasteiger partial charge in [0, 0.05) is 12.0 Å². The van der Waals surface area contributed by atoms with Gasteiger partial charge in [0.25, 0.3) is 0 Å². The van der Waals surface area contributed by atoms with Gasteiger partial charge in [-0.25, -0.2) is 4.98 Å². The highest BCUT2D eigenvalue weighted by molar-refractivity contribution is 7.15. The van der Waals surface area contributed by atoms with Gasteiger partial charge in [-0.05, 0) is 66.1 Å². The molecule has 1 heterocycles. The number of aryl methyl sites for hydroxylation is 1. The fraction of sp³-hybridized carbons (Fsp3) is 0.214. The highest BCUT2D eigenvalue weighted by Crippen LogP contribution is 2.39. The summed E-state index contributed by atoms with van der Waals surface area (Å²) in [5.41, 5.74) is 2.08. The van der Waals surface area contributed by atoms with Crippen LogP contribution in [-0.2, 0) is 24.0 Å². The molecule has 0 spiro atoms. The SMILES string of the molecule is COc1ccc(-c2nc(COc3ccc(CCC(=O)O)cc3OC)sc2-c2ccc(C(F)(F)F)cc2)cc1. The van der Waals surface area contributed by atoms with E-state index >= 15 is 0 Å². The summed E-state index contributed by atoms with van der Waals surface area (Å²) >= 11 is 1.32. The summed E-state index contributed by atoms with van der Waals surface area (Å²) in [7, 11) is 3.06. The second-order valence-electron chi connectivity index (χ2n) is 8.26. The van der Waals surface area contributed by atoms with Crippen molar-refractivity contribution in [1.82, 2.24) is 4.98 Å². The summed E-state index contributed by atoms with van der Waals surface area (Å²) in [4.78, 5) is 16.3. The second kappa shape index (κ2) is 11.6. The van der Waals surface area contributed by atoms with Crippen molar-refractivity contribution in [2.24, 2.45) is 0 Å². The van der Waals surface area contributed by atoms with Crippen molar-refractivity contribution in [2.45, 2.75) is 25.6 Å². The van der Waals surface area contributed by atoms with Crippen LogP contribution in [0.25, 0.3) is 21.7 Å². The number of nitrogens with zero attached hydrogens (tertiary/aromatic N) is 1. The number of rotatable bonds is 10. The van der Waals surface area contributed by atoms with E-state index in [-0.39, 0.29) is 13.0 Å². The molecule has 198 valence electrons. The molecule has 0 unspecified atom stereocenters. The molecule has 0 saturated carbocycles. The first kappa shape index (κ1) is 27.0. The molecule has 4 aromatic rings. The van der Waals surface area contributed by atoms with E-state index in [9.17, 15) is 18.0 Å². The van der Waals surface area contributed by atoms with Crippen LogP contribution in [0, 0.1) is 0 Å². The molecule has 1 aromatic heterocycles. The standard InChI is InChI=1S/C28H24F3NO5S/c1-35-21-11-7-18(8-12-21)26-27(19-5-9-20(10-6-19)28(29,30)31)38-24(32-26)16-37-22-13-3-17(4-14-25(33)34)15-23(22)36-2/h3,5-13,15H,4,14,16H2,1-2H3,(H,33,34). The molecule has 0 fully saturated rings. The first-order chi connectivity index (χ1) is 18.2. The molecule has 0 radical (unpaired) electrons. The quantitative estimate of drug-likeness (QED) is 0.230. The number of halogens is 3. The van der Waals surface area contributed by atoms with Gasteiger partial charge in [0.1, 0.15) is 17.4 Å². The van der Waals surface area contributed by atoms with Gasteiger partial charge < -0.3 is 19.3 Å². The number of thiazole rings is 1. The van der Waals surface area contributed by atoms with Crippen LogP contribution in [0.15, 0.2) is 66.7 Å². The van der Waals surface area contributed by atoms with Gasteiger partial charge in [-0.15, -0.1) is 11.3 Å². The molecule has 0 atom stereocenters. The molecule has 3 aromatic carbocycles. The lowest BCUT2D eigenvalue weighted by molar-refractivity contribution is -0.138. The summed E-state index contributed by atoms with van der Waals surface area (Å²) in [5.74, 6) is 0.707. The lowest BCUT2D eigenvalue weighted by Gasteiger charge is -2.11. The number of hydrogen-bond acceptors (Lipinski definition) is 6. The largest absolute Gasteiger partial charge is 0.497 e.